The van der Waals surface area contributed by atoms with Crippen LogP contribution < -0.4 is 16.4 Å². The van der Waals surface area contributed by atoms with Gasteiger partial charge in [-0.25, -0.2) is 0 Å². The van der Waals surface area contributed by atoms with Gasteiger partial charge in [0.05, 0.1) is 58.3 Å². The van der Waals surface area contributed by atoms with Crippen molar-refractivity contribution in [1.29, 1.82) is 0 Å². The van der Waals surface area contributed by atoms with Gasteiger partial charge in [-0.15, -0.1) is 0 Å². The fourth-order valence-corrected chi connectivity index (χ4v) is 20.0. The van der Waals surface area contributed by atoms with Gasteiger partial charge in [0.25, 0.3) is 0 Å². The molecule has 510 valence electrons. The maximum Gasteiger partial charge on any atom is 0.373 e. The van der Waals surface area contributed by atoms with Crippen LogP contribution in [0, 0.1) is 92.7 Å². The lowest BCUT2D eigenvalue weighted by molar-refractivity contribution is -0.191. The van der Waals surface area contributed by atoms with E-state index >= 15 is 0 Å². The van der Waals surface area contributed by atoms with E-state index in [9.17, 15) is 19.2 Å². The van der Waals surface area contributed by atoms with Crippen molar-refractivity contribution in [3.8, 4) is 0 Å². The zero-order valence-corrected chi connectivity index (χ0v) is 59.9. The highest BCUT2D eigenvalue weighted by Crippen LogP contribution is 2.69. The Morgan fingerprint density at radius 1 is 0.607 bits per heavy atom. The molecular weight excluding hydrogens is 1180 g/mol. The third kappa shape index (κ3) is 20.8. The molecule has 8 aliphatic rings. The topological polar surface area (TPSA) is 193 Å². The number of carbonyl (C=O) groups is 4. The van der Waals surface area contributed by atoms with Crippen LogP contribution in [0.2, 0.25) is 0 Å². The molecule has 0 aliphatic heterocycles. The second kappa shape index (κ2) is 37.2. The Kier molecular flexibility index (Phi) is 32.1. The van der Waals surface area contributed by atoms with Crippen LogP contribution in [0.3, 0.4) is 0 Å². The molecule has 0 bridgehead atoms. The molecule has 8 rings (SSSR count). The van der Waals surface area contributed by atoms with Crippen LogP contribution in [0.25, 0.3) is 0 Å². The van der Waals surface area contributed by atoms with Gasteiger partial charge < -0.3 is 35.3 Å². The number of hydrogen-bond acceptors (Lipinski definition) is 12. The van der Waals surface area contributed by atoms with Gasteiger partial charge in [0.1, 0.15) is 5.33 Å². The average molecular weight is 1310 g/mol. The molecule has 8 aliphatic carbocycles. The highest BCUT2D eigenvalue weighted by molar-refractivity contribution is 9.09. The first-order valence-electron chi connectivity index (χ1n) is 35.9. The van der Waals surface area contributed by atoms with Crippen molar-refractivity contribution in [3.05, 3.63) is 23.3 Å². The van der Waals surface area contributed by atoms with Gasteiger partial charge in [-0.05, 0) is 222 Å². The van der Waals surface area contributed by atoms with Crippen molar-refractivity contribution < 1.29 is 47.7 Å². The number of esters is 2. The molecule has 4 N–H and O–H groups in total. The summed E-state index contributed by atoms with van der Waals surface area (Å²) in [6.45, 7) is 34.9. The quantitative estimate of drug-likeness (QED) is 0.0291. The van der Waals surface area contributed by atoms with Crippen LogP contribution in [-0.4, -0.2) is 118 Å². The molecule has 14 nitrogen and oxygen atoms in total. The van der Waals surface area contributed by atoms with Gasteiger partial charge >= 0.3 is 18.1 Å². The molecule has 2 amide bonds. The van der Waals surface area contributed by atoms with Crippen molar-refractivity contribution in [2.45, 2.75) is 250 Å². The summed E-state index contributed by atoms with van der Waals surface area (Å²) in [6, 6.07) is 0. The van der Waals surface area contributed by atoms with Gasteiger partial charge in [-0.3, -0.25) is 24.1 Å². The SMILES string of the molecule is CC(C)CCC[C@@H](C)[C@H]1CC[C@H]2[C@@H]3CC=C4C[C@@H](OCCNC(=O)CN)CC[C@]4(C)[C@H]3CC[C@]12C.CCCN(CC(=O)NCCO[C@H]1CC[C@@]2(C)C(=CC[C@H]3[C@@H]4CC[C@H]([C@H](C)CCCC(C)C)[C@@]4(C)CC[C@@H]32)C1)CC(=O)OCC.CCOC(=O)CBr.O=C=O. The number of fused-ring (bicyclic) bond motifs is 10. The predicted molar refractivity (Wildman–Crippen MR) is 359 cm³/mol. The number of ether oxygens (including phenoxy) is 4. The fourth-order valence-electron chi connectivity index (χ4n) is 19.9. The van der Waals surface area contributed by atoms with Crippen LogP contribution >= 0.6 is 15.9 Å². The Labute approximate surface area is 548 Å². The van der Waals surface area contributed by atoms with E-state index in [1.54, 1.807) is 25.0 Å². The first-order valence-corrected chi connectivity index (χ1v) is 37.0. The summed E-state index contributed by atoms with van der Waals surface area (Å²) < 4.78 is 22.1. The molecule has 15 heteroatoms. The predicted octanol–water partition coefficient (Wildman–Crippen LogP) is 14.7. The zero-order valence-electron chi connectivity index (χ0n) is 58.3. The third-order valence-electron chi connectivity index (χ3n) is 24.2. The van der Waals surface area contributed by atoms with E-state index in [-0.39, 0.29) is 55.6 Å². The van der Waals surface area contributed by atoms with Crippen molar-refractivity contribution in [1.82, 2.24) is 15.5 Å². The second-order valence-corrected chi connectivity index (χ2v) is 31.1. The molecule has 0 unspecified atom stereocenters. The van der Waals surface area contributed by atoms with Gasteiger partial charge in [0.2, 0.25) is 11.8 Å². The number of nitrogens with zero attached hydrogens (tertiary/aromatic N) is 1. The highest BCUT2D eigenvalue weighted by atomic mass is 79.9. The molecule has 0 heterocycles. The summed E-state index contributed by atoms with van der Waals surface area (Å²) >= 11 is 2.94. The molecule has 0 radical (unpaired) electrons. The summed E-state index contributed by atoms with van der Waals surface area (Å²) in [5.41, 5.74) is 10.5. The van der Waals surface area contributed by atoms with Crippen molar-refractivity contribution in [2.75, 3.05) is 71.0 Å². The van der Waals surface area contributed by atoms with E-state index in [2.05, 4.69) is 113 Å². The Morgan fingerprint density at radius 2 is 1.04 bits per heavy atom. The van der Waals surface area contributed by atoms with Crippen LogP contribution in [0.4, 0.5) is 0 Å². The van der Waals surface area contributed by atoms with Gasteiger partial charge in [-0.2, -0.15) is 9.59 Å². The number of hydrogen-bond donors (Lipinski definition) is 3. The van der Waals surface area contributed by atoms with Crippen molar-refractivity contribution in [3.63, 3.8) is 0 Å². The largest absolute Gasteiger partial charge is 0.465 e. The smallest absolute Gasteiger partial charge is 0.373 e. The van der Waals surface area contributed by atoms with Gasteiger partial charge in [0, 0.05) is 13.1 Å². The highest BCUT2D eigenvalue weighted by Gasteiger charge is 2.61. The molecule has 6 saturated carbocycles. The lowest BCUT2D eigenvalue weighted by Gasteiger charge is -2.58. The zero-order chi connectivity index (χ0) is 65.5. The van der Waals surface area contributed by atoms with E-state index in [1.807, 2.05) is 11.8 Å². The van der Waals surface area contributed by atoms with Gasteiger partial charge in [0.15, 0.2) is 0 Å². The Balaban J connectivity index is 0.000000286. The Hall–Kier alpha value is -2.94. The number of rotatable bonds is 28. The summed E-state index contributed by atoms with van der Waals surface area (Å²) in [5.74, 6) is 9.87. The molecule has 89 heavy (non-hydrogen) atoms. The number of allylic oxidation sites excluding steroid dienone is 2. The molecule has 0 aromatic carbocycles. The Bertz CT molecular complexity index is 2290. The summed E-state index contributed by atoms with van der Waals surface area (Å²) in [4.78, 5) is 64.0. The van der Waals surface area contributed by atoms with E-state index < -0.39 is 0 Å². The van der Waals surface area contributed by atoms with E-state index in [4.69, 9.17) is 29.5 Å². The molecular formula is C74H127BrN4O10. The number of nitrogens with one attached hydrogen (secondary N) is 2. The lowest BCUT2D eigenvalue weighted by atomic mass is 9.47. The molecule has 0 aromatic heterocycles. The number of alkyl halides is 1. The standard InChI is InChI=1S/C38H66N2O4.C31H54N2O2.C4H7BrO2.CO2/c1-8-22-40(26-36(42)43-9-2)25-35(41)39-21-23-44-30-17-19-37(6)29(24-30)13-14-31-33-16-15-32(28(5)12-10-11-27(3)4)38(33,7)20-18-34(31)37;1-21(2)7-6-8-22(3)26-11-12-27-25-10-9-23-19-24(35-18-17-33-29(34)20-32)13-15-30(23,4)28(25)14-16-31(26,27)5;1-2-7-4(6)3-5;2-1-3/h13,27-28,30-34H,8-12,14-26H2,1-7H3,(H,39,41);9,21-22,24-28H,6-8,10-20,32H2,1-5H3,(H,33,34);2-3H2,1H3;/t28-,30+,31+,32-,33+,34+,37+,38-;22-,24+,25+,26-,27+,28+,30+,31-;;/m11../s1. The van der Waals surface area contributed by atoms with E-state index in [0.29, 0.717) is 79.2 Å². The first kappa shape index (κ1) is 76.8. The van der Waals surface area contributed by atoms with Gasteiger partial charge in [-0.1, -0.05) is 154 Å². The second-order valence-electron chi connectivity index (χ2n) is 30.5. The molecule has 16 atom stereocenters. The number of nitrogens with two attached hydrogens (primary N) is 1. The summed E-state index contributed by atoms with van der Waals surface area (Å²) in [5, 5.41) is 6.11. The fraction of sp³-hybridized carbons (Fsp3) is 0.878. The van der Waals surface area contributed by atoms with E-state index in [0.717, 1.165) is 103 Å². The number of amides is 2. The molecule has 0 saturated heterocycles. The Morgan fingerprint density at radius 3 is 1.44 bits per heavy atom. The average Bonchev–Trinajstić information content (AvgIpc) is 1.72. The minimum absolute atomic E-state index is 0.0507. The van der Waals surface area contributed by atoms with Crippen molar-refractivity contribution in [2.24, 2.45) is 98.4 Å². The van der Waals surface area contributed by atoms with E-state index in [1.165, 1.54) is 116 Å². The monoisotopic (exact) mass is 1310 g/mol. The molecule has 0 spiro atoms. The van der Waals surface area contributed by atoms with Crippen LogP contribution in [0.15, 0.2) is 23.3 Å². The van der Waals surface area contributed by atoms with Crippen LogP contribution in [0.5, 0.6) is 0 Å². The first-order chi connectivity index (χ1) is 42.4. The van der Waals surface area contributed by atoms with Crippen molar-refractivity contribution >= 4 is 45.8 Å². The third-order valence-corrected chi connectivity index (χ3v) is 24.7. The number of halogens is 1. The van der Waals surface area contributed by atoms with Crippen LogP contribution in [-0.2, 0) is 47.7 Å². The normalized spacial score (nSPS) is 32.9. The summed E-state index contributed by atoms with van der Waals surface area (Å²) in [7, 11) is 0. The number of carbonyl (C=O) groups excluding carboxylic acids is 6. The minimum Gasteiger partial charge on any atom is -0.465 e. The maximum atomic E-state index is 12.5. The molecule has 6 fully saturated rings. The summed E-state index contributed by atoms with van der Waals surface area (Å²) in [6.07, 6.45) is 36.4. The lowest BCUT2D eigenvalue weighted by Crippen LogP contribution is -2.51. The molecule has 0 aromatic rings. The minimum atomic E-state index is -0.276. The van der Waals surface area contributed by atoms with Crippen LogP contribution in [0.1, 0.15) is 238 Å². The maximum absolute atomic E-state index is 12.5.